The molecule has 3 rings (SSSR count). The van der Waals surface area contributed by atoms with Gasteiger partial charge in [-0.15, -0.1) is 0 Å². The van der Waals surface area contributed by atoms with Crippen molar-refractivity contribution in [1.29, 1.82) is 0 Å². The van der Waals surface area contributed by atoms with Crippen molar-refractivity contribution >= 4 is 23.3 Å². The highest BCUT2D eigenvalue weighted by Crippen LogP contribution is 2.38. The number of ether oxygens (including phenoxy) is 1. The summed E-state index contributed by atoms with van der Waals surface area (Å²) in [6, 6.07) is 2.52. The molecule has 0 saturated carbocycles. The molecular weight excluding hydrogens is 431 g/mol. The van der Waals surface area contributed by atoms with Crippen LogP contribution in [-0.2, 0) is 20.5 Å². The molecule has 11 heteroatoms. The smallest absolute Gasteiger partial charge is 0.416 e. The number of amides is 1. The number of likely N-dealkylation sites (tertiary alicyclic amines) is 1. The van der Waals surface area contributed by atoms with Gasteiger partial charge in [-0.3, -0.25) is 19.7 Å². The van der Waals surface area contributed by atoms with Gasteiger partial charge in [-0.05, 0) is 44.7 Å². The molecule has 32 heavy (non-hydrogen) atoms. The first-order chi connectivity index (χ1) is 15.1. The van der Waals surface area contributed by atoms with Crippen LogP contribution in [0.1, 0.15) is 38.2 Å². The zero-order chi connectivity index (χ0) is 23.5. The molecule has 0 spiro atoms. The van der Waals surface area contributed by atoms with Gasteiger partial charge >= 0.3 is 12.1 Å². The largest absolute Gasteiger partial charge is 0.466 e. The minimum absolute atomic E-state index is 0.00567. The van der Waals surface area contributed by atoms with Gasteiger partial charge in [-0.25, -0.2) is 0 Å². The predicted molar refractivity (Wildman–Crippen MR) is 109 cm³/mol. The van der Waals surface area contributed by atoms with Crippen LogP contribution in [-0.4, -0.2) is 54.5 Å². The molecule has 2 fully saturated rings. The Kier molecular flexibility index (Phi) is 7.25. The first-order valence-corrected chi connectivity index (χ1v) is 10.7. The summed E-state index contributed by atoms with van der Waals surface area (Å²) in [6.45, 7) is 3.71. The van der Waals surface area contributed by atoms with Crippen molar-refractivity contribution in [3.8, 4) is 0 Å². The fourth-order valence-electron chi connectivity index (χ4n) is 4.33. The van der Waals surface area contributed by atoms with E-state index in [1.165, 1.54) is 0 Å². The van der Waals surface area contributed by atoms with E-state index in [9.17, 15) is 32.9 Å². The van der Waals surface area contributed by atoms with Crippen LogP contribution < -0.4 is 4.90 Å². The van der Waals surface area contributed by atoms with E-state index in [1.807, 2.05) is 0 Å². The number of anilines is 1. The summed E-state index contributed by atoms with van der Waals surface area (Å²) >= 11 is 0. The third-order valence-electron chi connectivity index (χ3n) is 6.11. The summed E-state index contributed by atoms with van der Waals surface area (Å²) in [6.07, 6.45) is -2.64. The fourth-order valence-corrected chi connectivity index (χ4v) is 4.33. The summed E-state index contributed by atoms with van der Waals surface area (Å²) in [4.78, 5) is 38.7. The van der Waals surface area contributed by atoms with Crippen molar-refractivity contribution in [2.24, 2.45) is 11.8 Å². The number of carbonyl (C=O) groups is 2. The van der Waals surface area contributed by atoms with Gasteiger partial charge in [0.2, 0.25) is 5.91 Å². The van der Waals surface area contributed by atoms with E-state index >= 15 is 0 Å². The summed E-state index contributed by atoms with van der Waals surface area (Å²) in [5.74, 6) is -0.681. The monoisotopic (exact) mass is 457 g/mol. The SMILES string of the molecule is CCOC(=O)C1CCN(C(=O)C2CCN(c3ccc(C(F)(F)F)cc3[N+](=O)[O-])CC2)CC1. The Bertz CT molecular complexity index is 861. The number of alkyl halides is 3. The Hall–Kier alpha value is -2.85. The number of esters is 1. The molecule has 0 N–H and O–H groups in total. The molecule has 8 nitrogen and oxygen atoms in total. The minimum Gasteiger partial charge on any atom is -0.466 e. The van der Waals surface area contributed by atoms with E-state index in [0.29, 0.717) is 64.5 Å². The molecule has 2 aliphatic rings. The summed E-state index contributed by atoms with van der Waals surface area (Å²) < 4.78 is 43.8. The van der Waals surface area contributed by atoms with Crippen LogP contribution in [0.25, 0.3) is 0 Å². The van der Waals surface area contributed by atoms with Crippen molar-refractivity contribution in [2.75, 3.05) is 37.7 Å². The first-order valence-electron chi connectivity index (χ1n) is 10.7. The van der Waals surface area contributed by atoms with E-state index in [2.05, 4.69) is 0 Å². The molecule has 0 aromatic heterocycles. The van der Waals surface area contributed by atoms with Gasteiger partial charge in [0.1, 0.15) is 5.69 Å². The maximum atomic E-state index is 12.9. The van der Waals surface area contributed by atoms with Gasteiger partial charge < -0.3 is 14.5 Å². The molecule has 0 aliphatic carbocycles. The number of rotatable bonds is 5. The lowest BCUT2D eigenvalue weighted by atomic mass is 9.91. The summed E-state index contributed by atoms with van der Waals surface area (Å²) in [5, 5.41) is 11.4. The van der Waals surface area contributed by atoms with Crippen LogP contribution in [0, 0.1) is 22.0 Å². The number of benzene rings is 1. The lowest BCUT2D eigenvalue weighted by molar-refractivity contribution is -0.384. The number of nitro groups is 1. The highest BCUT2D eigenvalue weighted by atomic mass is 19.4. The Morgan fingerprint density at radius 1 is 1.09 bits per heavy atom. The highest BCUT2D eigenvalue weighted by Gasteiger charge is 2.36. The fraction of sp³-hybridized carbons (Fsp3) is 0.619. The molecule has 2 aliphatic heterocycles. The molecule has 1 aromatic rings. The van der Waals surface area contributed by atoms with Gasteiger partial charge in [0.05, 0.1) is 23.0 Å². The van der Waals surface area contributed by atoms with Gasteiger partial charge in [0.25, 0.3) is 5.69 Å². The van der Waals surface area contributed by atoms with E-state index < -0.39 is 22.4 Å². The topological polar surface area (TPSA) is 93.0 Å². The molecule has 176 valence electrons. The average molecular weight is 457 g/mol. The molecule has 2 heterocycles. The van der Waals surface area contributed by atoms with Crippen LogP contribution >= 0.6 is 0 Å². The van der Waals surface area contributed by atoms with Crippen LogP contribution in [0.2, 0.25) is 0 Å². The third-order valence-corrected chi connectivity index (χ3v) is 6.11. The zero-order valence-corrected chi connectivity index (χ0v) is 17.8. The number of hydrogen-bond donors (Lipinski definition) is 0. The maximum Gasteiger partial charge on any atom is 0.416 e. The summed E-state index contributed by atoms with van der Waals surface area (Å²) in [7, 11) is 0. The Morgan fingerprint density at radius 3 is 2.22 bits per heavy atom. The number of nitrogens with zero attached hydrogens (tertiary/aromatic N) is 3. The Morgan fingerprint density at radius 2 is 1.69 bits per heavy atom. The van der Waals surface area contributed by atoms with Crippen molar-refractivity contribution in [1.82, 2.24) is 4.90 Å². The van der Waals surface area contributed by atoms with Crippen molar-refractivity contribution < 1.29 is 32.4 Å². The van der Waals surface area contributed by atoms with E-state index in [1.54, 1.807) is 16.7 Å². The number of halogens is 3. The highest BCUT2D eigenvalue weighted by molar-refractivity contribution is 5.80. The molecule has 0 bridgehead atoms. The molecule has 1 aromatic carbocycles. The van der Waals surface area contributed by atoms with Gasteiger partial charge in [-0.2, -0.15) is 13.2 Å². The first kappa shape index (κ1) is 23.8. The van der Waals surface area contributed by atoms with Crippen molar-refractivity contribution in [3.05, 3.63) is 33.9 Å². The number of hydrogen-bond acceptors (Lipinski definition) is 6. The zero-order valence-electron chi connectivity index (χ0n) is 17.8. The minimum atomic E-state index is -4.66. The van der Waals surface area contributed by atoms with Crippen molar-refractivity contribution in [3.63, 3.8) is 0 Å². The molecular formula is C21H26F3N3O5. The van der Waals surface area contributed by atoms with E-state index in [4.69, 9.17) is 4.74 Å². The number of piperidine rings is 2. The number of carbonyl (C=O) groups excluding carboxylic acids is 2. The second-order valence-corrected chi connectivity index (χ2v) is 8.07. The molecule has 1 amide bonds. The van der Waals surface area contributed by atoms with Crippen LogP contribution in [0.3, 0.4) is 0 Å². The van der Waals surface area contributed by atoms with Crippen LogP contribution in [0.4, 0.5) is 24.5 Å². The Labute approximate surface area is 183 Å². The lowest BCUT2D eigenvalue weighted by Crippen LogP contribution is -2.46. The molecule has 2 saturated heterocycles. The molecule has 0 atom stereocenters. The van der Waals surface area contributed by atoms with Crippen LogP contribution in [0.5, 0.6) is 0 Å². The maximum absolute atomic E-state index is 12.9. The van der Waals surface area contributed by atoms with Gasteiger partial charge in [0.15, 0.2) is 0 Å². The predicted octanol–water partition coefficient (Wildman–Crippen LogP) is 3.63. The second kappa shape index (κ2) is 9.74. The van der Waals surface area contributed by atoms with Gasteiger partial charge in [0, 0.05) is 38.2 Å². The quantitative estimate of drug-likeness (QED) is 0.381. The lowest BCUT2D eigenvalue weighted by Gasteiger charge is -2.37. The van der Waals surface area contributed by atoms with Gasteiger partial charge in [-0.1, -0.05) is 0 Å². The molecule has 0 unspecified atom stereocenters. The Balaban J connectivity index is 1.59. The average Bonchev–Trinajstić information content (AvgIpc) is 2.78. The standard InChI is InChI=1S/C21H26F3N3O5/c1-2-32-20(29)15-7-11-26(12-8-15)19(28)14-5-9-25(10-6-14)17-4-3-16(21(22,23)24)13-18(17)27(30)31/h3-4,13-15H,2,5-12H2,1H3. The number of nitro benzene ring substituents is 1. The molecule has 0 radical (unpaired) electrons. The third kappa shape index (κ3) is 5.31. The summed E-state index contributed by atoms with van der Waals surface area (Å²) in [5.41, 5.74) is -1.53. The van der Waals surface area contributed by atoms with Crippen LogP contribution in [0.15, 0.2) is 18.2 Å². The van der Waals surface area contributed by atoms with Crippen molar-refractivity contribution in [2.45, 2.75) is 38.8 Å². The normalized spacial score (nSPS) is 18.5. The van der Waals surface area contributed by atoms with E-state index in [0.717, 1.165) is 12.1 Å². The van der Waals surface area contributed by atoms with E-state index in [-0.39, 0.29) is 29.4 Å². The second-order valence-electron chi connectivity index (χ2n) is 8.07.